The number of ether oxygens (including phenoxy) is 1. The number of nitrogens with zero attached hydrogens (tertiary/aromatic N) is 5. The number of anilines is 1. The van der Waals surface area contributed by atoms with Crippen molar-refractivity contribution in [2.45, 2.75) is 45.3 Å². The first-order chi connectivity index (χ1) is 15.8. The molecule has 0 aromatic carbocycles. The van der Waals surface area contributed by atoms with Crippen molar-refractivity contribution >= 4 is 23.3 Å². The molecule has 10 nitrogen and oxygen atoms in total. The van der Waals surface area contributed by atoms with Gasteiger partial charge in [0.05, 0.1) is 30.6 Å². The largest absolute Gasteiger partial charge is 0.381 e. The molecular weight excluding hydrogens is 431 g/mol. The van der Waals surface area contributed by atoms with Crippen LogP contribution in [0.25, 0.3) is 5.65 Å². The fourth-order valence-corrected chi connectivity index (χ4v) is 4.32. The molecule has 0 spiro atoms. The molecule has 0 aliphatic carbocycles. The van der Waals surface area contributed by atoms with Crippen molar-refractivity contribution in [1.82, 2.24) is 24.1 Å². The summed E-state index contributed by atoms with van der Waals surface area (Å²) in [5, 5.41) is 7.12. The lowest BCUT2D eigenvalue weighted by Crippen LogP contribution is -2.32. The fraction of sp³-hybridized carbons (Fsp3) is 0.409. The fourth-order valence-electron chi connectivity index (χ4n) is 4.32. The Morgan fingerprint density at radius 2 is 2.15 bits per heavy atom. The number of fused-ring (bicyclic) bond motifs is 2. The van der Waals surface area contributed by atoms with Crippen LogP contribution < -0.4 is 10.9 Å². The number of carbonyl (C=O) groups excluding carboxylic acids is 2. The van der Waals surface area contributed by atoms with Crippen LogP contribution in [0.1, 0.15) is 47.9 Å². The first kappa shape index (κ1) is 21.3. The molecule has 33 heavy (non-hydrogen) atoms. The van der Waals surface area contributed by atoms with Crippen LogP contribution in [0.5, 0.6) is 0 Å². The van der Waals surface area contributed by atoms with Crippen LogP contribution in [0.3, 0.4) is 0 Å². The smallest absolute Gasteiger partial charge is 0.280 e. The summed E-state index contributed by atoms with van der Waals surface area (Å²) in [5.74, 6) is -1.06. The lowest BCUT2D eigenvalue weighted by atomic mass is 10.1. The van der Waals surface area contributed by atoms with Crippen LogP contribution >= 0.6 is 0 Å². The number of hydrogen-bond acceptors (Lipinski definition) is 6. The number of hydrogen-bond donors (Lipinski definition) is 1. The van der Waals surface area contributed by atoms with Crippen LogP contribution in [0.2, 0.25) is 0 Å². The van der Waals surface area contributed by atoms with Crippen molar-refractivity contribution in [3.05, 3.63) is 57.5 Å². The third-order valence-corrected chi connectivity index (χ3v) is 6.05. The minimum atomic E-state index is -0.519. The molecule has 1 N–H and O–H groups in total. The van der Waals surface area contributed by atoms with E-state index in [1.54, 1.807) is 11.0 Å². The van der Waals surface area contributed by atoms with E-state index < -0.39 is 11.7 Å². The first-order valence-corrected chi connectivity index (χ1v) is 10.8. The Morgan fingerprint density at radius 1 is 1.33 bits per heavy atom. The number of halogens is 1. The second-order valence-corrected chi connectivity index (χ2v) is 8.55. The van der Waals surface area contributed by atoms with Gasteiger partial charge in [0, 0.05) is 24.6 Å². The average molecular weight is 454 g/mol. The van der Waals surface area contributed by atoms with E-state index in [-0.39, 0.29) is 48.0 Å². The van der Waals surface area contributed by atoms with E-state index in [0.29, 0.717) is 30.1 Å². The van der Waals surface area contributed by atoms with Gasteiger partial charge in [-0.25, -0.2) is 9.37 Å². The molecule has 1 fully saturated rings. The highest BCUT2D eigenvalue weighted by atomic mass is 19.1. The molecular formula is C22H23FN6O4. The molecule has 0 saturated carbocycles. The highest BCUT2D eigenvalue weighted by Gasteiger charge is 2.36. The van der Waals surface area contributed by atoms with E-state index in [9.17, 15) is 18.8 Å². The second-order valence-electron chi connectivity index (χ2n) is 8.55. The van der Waals surface area contributed by atoms with Crippen LogP contribution in [0.4, 0.5) is 10.2 Å². The van der Waals surface area contributed by atoms with Gasteiger partial charge in [-0.15, -0.1) is 0 Å². The third-order valence-electron chi connectivity index (χ3n) is 6.05. The molecule has 5 rings (SSSR count). The molecule has 1 atom stereocenters. The Balaban J connectivity index is 1.59. The van der Waals surface area contributed by atoms with Gasteiger partial charge >= 0.3 is 0 Å². The lowest BCUT2D eigenvalue weighted by Gasteiger charge is -2.20. The zero-order valence-electron chi connectivity index (χ0n) is 18.2. The molecule has 2 aliphatic rings. The van der Waals surface area contributed by atoms with Gasteiger partial charge in [0.2, 0.25) is 5.91 Å². The molecule has 0 bridgehead atoms. The Labute approximate surface area is 188 Å². The van der Waals surface area contributed by atoms with Crippen molar-refractivity contribution in [3.8, 4) is 0 Å². The van der Waals surface area contributed by atoms with E-state index in [1.165, 1.54) is 21.2 Å². The molecule has 2 amide bonds. The van der Waals surface area contributed by atoms with Gasteiger partial charge in [-0.3, -0.25) is 14.4 Å². The van der Waals surface area contributed by atoms with Gasteiger partial charge in [-0.05, 0) is 32.4 Å². The Bertz CT molecular complexity index is 1310. The number of nitrogens with one attached hydrogen (secondary N) is 1. The minimum Gasteiger partial charge on any atom is -0.381 e. The summed E-state index contributed by atoms with van der Waals surface area (Å²) in [6.45, 7) is 4.78. The van der Waals surface area contributed by atoms with Crippen LogP contribution in [-0.2, 0) is 22.6 Å². The SMILES string of the molecule is CC(C)N1Cc2c(n(CC(=O)Nc3ccc(F)cn3)c3cc(C4CCOC4)nn3c2=O)C1=O. The van der Waals surface area contributed by atoms with E-state index in [0.717, 1.165) is 12.6 Å². The molecule has 11 heteroatoms. The average Bonchev–Trinajstić information content (AvgIpc) is 3.51. The topological polar surface area (TPSA) is 111 Å². The molecule has 172 valence electrons. The third kappa shape index (κ3) is 3.67. The second kappa shape index (κ2) is 8.07. The molecule has 3 aromatic heterocycles. The maximum absolute atomic E-state index is 13.3. The van der Waals surface area contributed by atoms with Crippen molar-refractivity contribution in [1.29, 1.82) is 0 Å². The van der Waals surface area contributed by atoms with Crippen molar-refractivity contribution in [2.75, 3.05) is 18.5 Å². The van der Waals surface area contributed by atoms with Gasteiger partial charge < -0.3 is 19.5 Å². The summed E-state index contributed by atoms with van der Waals surface area (Å²) in [5.41, 5.74) is 1.19. The summed E-state index contributed by atoms with van der Waals surface area (Å²) < 4.78 is 21.4. The van der Waals surface area contributed by atoms with E-state index >= 15 is 0 Å². The molecule has 1 unspecified atom stereocenters. The molecule has 1 saturated heterocycles. The number of carbonyl (C=O) groups is 2. The van der Waals surface area contributed by atoms with E-state index in [4.69, 9.17) is 4.74 Å². The highest BCUT2D eigenvalue weighted by Crippen LogP contribution is 2.28. The number of rotatable bonds is 5. The normalized spacial score (nSPS) is 17.9. The van der Waals surface area contributed by atoms with Gasteiger partial charge in [0.1, 0.15) is 29.5 Å². The Morgan fingerprint density at radius 3 is 2.82 bits per heavy atom. The van der Waals surface area contributed by atoms with Crippen molar-refractivity contribution in [3.63, 3.8) is 0 Å². The van der Waals surface area contributed by atoms with Gasteiger partial charge in [-0.2, -0.15) is 9.61 Å². The van der Waals surface area contributed by atoms with Crippen LogP contribution in [0, 0.1) is 5.82 Å². The minimum absolute atomic E-state index is 0.0488. The van der Waals surface area contributed by atoms with E-state index in [1.807, 2.05) is 13.8 Å². The molecule has 0 radical (unpaired) electrons. The van der Waals surface area contributed by atoms with Gasteiger partial charge in [-0.1, -0.05) is 0 Å². The summed E-state index contributed by atoms with van der Waals surface area (Å²) in [6.07, 6.45) is 1.79. The molecule has 3 aromatic rings. The maximum Gasteiger partial charge on any atom is 0.280 e. The Kier molecular flexibility index (Phi) is 5.20. The number of aromatic nitrogens is 4. The summed E-state index contributed by atoms with van der Waals surface area (Å²) >= 11 is 0. The summed E-state index contributed by atoms with van der Waals surface area (Å²) in [6, 6.07) is 4.17. The molecule has 5 heterocycles. The highest BCUT2D eigenvalue weighted by molar-refractivity contribution is 5.98. The van der Waals surface area contributed by atoms with Crippen molar-refractivity contribution in [2.24, 2.45) is 0 Å². The number of amides is 2. The predicted molar refractivity (Wildman–Crippen MR) is 115 cm³/mol. The van der Waals surface area contributed by atoms with Crippen LogP contribution in [-0.4, -0.2) is 55.1 Å². The first-order valence-electron chi connectivity index (χ1n) is 10.8. The van der Waals surface area contributed by atoms with E-state index in [2.05, 4.69) is 15.4 Å². The van der Waals surface area contributed by atoms with Gasteiger partial charge in [0.15, 0.2) is 0 Å². The quantitative estimate of drug-likeness (QED) is 0.626. The lowest BCUT2D eigenvalue weighted by molar-refractivity contribution is -0.116. The summed E-state index contributed by atoms with van der Waals surface area (Å²) in [4.78, 5) is 44.8. The standard InChI is InChI=1S/C22H23FN6O4/c1-12(2)27-9-15-20(22(27)32)28(10-18(30)25-17-4-3-14(23)8-24-17)19-7-16(13-5-6-33-11-13)26-29(19)21(15)31/h3-4,7-8,12-13H,5-6,9-11H2,1-2H3,(H,24,25,30). The monoisotopic (exact) mass is 454 g/mol. The zero-order chi connectivity index (χ0) is 23.3. The van der Waals surface area contributed by atoms with Crippen molar-refractivity contribution < 1.29 is 18.7 Å². The zero-order valence-corrected chi connectivity index (χ0v) is 18.2. The number of pyridine rings is 1. The summed E-state index contributed by atoms with van der Waals surface area (Å²) in [7, 11) is 0. The predicted octanol–water partition coefficient (Wildman–Crippen LogP) is 1.54. The maximum atomic E-state index is 13.3. The molecule has 2 aliphatic heterocycles. The Hall–Kier alpha value is -3.60. The van der Waals surface area contributed by atoms with Crippen LogP contribution in [0.15, 0.2) is 29.2 Å². The van der Waals surface area contributed by atoms with Gasteiger partial charge in [0.25, 0.3) is 11.5 Å².